The van der Waals surface area contributed by atoms with Crippen molar-refractivity contribution in [2.75, 3.05) is 196 Å². The third-order valence-corrected chi connectivity index (χ3v) is 13.1. The van der Waals surface area contributed by atoms with Crippen molar-refractivity contribution in [1.29, 1.82) is 0 Å². The predicted octanol–water partition coefficient (Wildman–Crippen LogP) is 8.93. The van der Waals surface area contributed by atoms with Gasteiger partial charge in [-0.1, -0.05) is 83.1 Å². The molecule has 0 radical (unpaired) electrons. The van der Waals surface area contributed by atoms with Crippen molar-refractivity contribution in [3.05, 3.63) is 0 Å². The molecule has 0 saturated heterocycles. The first-order chi connectivity index (χ1) is 31.2. The predicted molar refractivity (Wildman–Crippen MR) is 288 cm³/mol. The lowest BCUT2D eigenvalue weighted by Crippen LogP contribution is -2.48. The van der Waals surface area contributed by atoms with Gasteiger partial charge in [0.15, 0.2) is 0 Å². The summed E-state index contributed by atoms with van der Waals surface area (Å²) in [4.78, 5) is 27.9. The van der Waals surface area contributed by atoms with E-state index in [1.165, 1.54) is 254 Å². The zero-order chi connectivity index (χ0) is 47.5. The van der Waals surface area contributed by atoms with Crippen LogP contribution in [-0.2, 0) is 0 Å². The second-order valence-electron chi connectivity index (χ2n) is 19.4. The molecule has 0 aromatic carbocycles. The topological polar surface area (TPSA) is 32.4 Å². The van der Waals surface area contributed by atoms with Crippen LogP contribution in [0.2, 0.25) is 0 Å². The summed E-state index contributed by atoms with van der Waals surface area (Å²) in [6.45, 7) is 64.2. The van der Waals surface area contributed by atoms with Gasteiger partial charge >= 0.3 is 0 Å². The lowest BCUT2D eigenvalue weighted by Gasteiger charge is -2.35. The van der Waals surface area contributed by atoms with Crippen molar-refractivity contribution in [2.45, 2.75) is 160 Å². The van der Waals surface area contributed by atoms with Crippen LogP contribution in [0.3, 0.4) is 0 Å². The van der Waals surface area contributed by atoms with Gasteiger partial charge < -0.3 is 29.4 Å². The number of hydrogen-bond donors (Lipinski definition) is 0. The molecule has 0 rings (SSSR count). The molecule has 0 atom stereocenters. The van der Waals surface area contributed by atoms with Crippen LogP contribution in [0.25, 0.3) is 0 Å². The molecule has 0 aliphatic rings. The molecule has 0 aromatic heterocycles. The van der Waals surface area contributed by atoms with Crippen LogP contribution in [0.5, 0.6) is 0 Å². The summed E-state index contributed by atoms with van der Waals surface area (Å²) >= 11 is 0. The second-order valence-corrected chi connectivity index (χ2v) is 19.4. The number of rotatable bonds is 51. The van der Waals surface area contributed by atoms with Crippen LogP contribution in [0.1, 0.15) is 160 Å². The van der Waals surface area contributed by atoms with Gasteiger partial charge in [0.1, 0.15) is 0 Å². The molecule has 0 bridgehead atoms. The van der Waals surface area contributed by atoms with Crippen LogP contribution < -0.4 is 0 Å². The third-order valence-electron chi connectivity index (χ3n) is 13.1. The molecule has 0 aliphatic heterocycles. The van der Waals surface area contributed by atoms with Crippen LogP contribution in [0.15, 0.2) is 0 Å². The lowest BCUT2D eigenvalue weighted by molar-refractivity contribution is 0.121. The summed E-state index contributed by atoms with van der Waals surface area (Å²) in [5.41, 5.74) is 0. The highest BCUT2D eigenvalue weighted by atomic mass is 15.3. The average Bonchev–Trinajstić information content (AvgIpc) is 3.28. The Kier molecular flexibility index (Phi) is 46.0. The minimum Gasteiger partial charge on any atom is -0.302 e. The van der Waals surface area contributed by atoms with Crippen molar-refractivity contribution in [3.63, 3.8) is 0 Å². The molecule has 0 aliphatic carbocycles. The van der Waals surface area contributed by atoms with Gasteiger partial charge in [0.25, 0.3) is 0 Å². The summed E-state index contributed by atoms with van der Waals surface area (Å²) in [5.74, 6) is 0. The van der Waals surface area contributed by atoms with Gasteiger partial charge in [-0.15, -0.1) is 0 Å². The van der Waals surface area contributed by atoms with Crippen LogP contribution in [0, 0.1) is 0 Å². The highest BCUT2D eigenvalue weighted by Crippen LogP contribution is 2.06. The average molecular weight is 910 g/mol. The van der Waals surface area contributed by atoms with E-state index in [9.17, 15) is 0 Å². The zero-order valence-electron chi connectivity index (χ0n) is 46.2. The minimum absolute atomic E-state index is 1.16. The van der Waals surface area contributed by atoms with Gasteiger partial charge in [-0.05, 0) is 156 Å². The van der Waals surface area contributed by atoms with E-state index in [0.29, 0.717) is 0 Å². The number of hydrogen-bond acceptors (Lipinski definition) is 10. The number of nitrogens with zero attached hydrogens (tertiary/aromatic N) is 10. The molecule has 386 valence electrons. The molecule has 10 heteroatoms. The van der Waals surface area contributed by atoms with Gasteiger partial charge in [0.05, 0.1) is 0 Å². The fourth-order valence-corrected chi connectivity index (χ4v) is 9.69. The third kappa shape index (κ3) is 34.8. The van der Waals surface area contributed by atoms with E-state index in [2.05, 4.69) is 132 Å². The first-order valence-corrected chi connectivity index (χ1v) is 28.5. The summed E-state index contributed by atoms with van der Waals surface area (Å²) in [6.07, 6.45) is 14.9. The molecule has 0 saturated carbocycles. The highest BCUT2D eigenvalue weighted by Gasteiger charge is 2.19. The van der Waals surface area contributed by atoms with E-state index in [4.69, 9.17) is 0 Å². The van der Waals surface area contributed by atoms with Gasteiger partial charge in [-0.2, -0.15) is 0 Å². The summed E-state index contributed by atoms with van der Waals surface area (Å²) in [6, 6.07) is 0. The van der Waals surface area contributed by atoms with Crippen molar-refractivity contribution in [3.8, 4) is 0 Å². The minimum atomic E-state index is 1.16. The van der Waals surface area contributed by atoms with Gasteiger partial charge in [-0.25, -0.2) is 0 Å². The summed E-state index contributed by atoms with van der Waals surface area (Å²) in [5, 5.41) is 0. The van der Waals surface area contributed by atoms with Crippen LogP contribution in [-0.4, -0.2) is 245 Å². The van der Waals surface area contributed by atoms with Crippen molar-refractivity contribution in [2.24, 2.45) is 0 Å². The van der Waals surface area contributed by atoms with E-state index in [0.717, 1.165) is 19.6 Å². The molecular weight excluding hydrogens is 789 g/mol. The molecule has 0 aromatic rings. The SMILES string of the molecule is CCCN(CCC)CCN(CCN(CCC)CCC)CCN(CCN(CCN(CCC)CCC)CCN(CCC)CCC)CCN(CCN(CCC)CCC)CCN(CCC)CCC. The Hall–Kier alpha value is -0.400. The highest BCUT2D eigenvalue weighted by molar-refractivity contribution is 4.75. The zero-order valence-corrected chi connectivity index (χ0v) is 46.2. The molecule has 0 spiro atoms. The lowest BCUT2D eigenvalue weighted by atomic mass is 10.3. The van der Waals surface area contributed by atoms with E-state index < -0.39 is 0 Å². The van der Waals surface area contributed by atoms with E-state index >= 15 is 0 Å². The standard InChI is InChI=1S/C54H120N10/c1-13-25-55(26-14-2)37-43-61(44-38-56(27-15-3)28-16-4)49-52-64(53-50-62(45-39-57(29-17-5)30-18-6)46-40-58(31-19-7)32-20-8)54-51-63(47-41-59(33-21-9)34-22-10)48-42-60(35-23-11)36-24-12/h13-54H2,1-12H3. The van der Waals surface area contributed by atoms with Crippen molar-refractivity contribution in [1.82, 2.24) is 49.0 Å². The van der Waals surface area contributed by atoms with Crippen LogP contribution in [0.4, 0.5) is 0 Å². The second kappa shape index (κ2) is 46.3. The fraction of sp³-hybridized carbons (Fsp3) is 1.00. The van der Waals surface area contributed by atoms with Gasteiger partial charge in [-0.3, -0.25) is 19.6 Å². The first-order valence-electron chi connectivity index (χ1n) is 28.5. The molecule has 0 heterocycles. The normalized spacial score (nSPS) is 12.7. The molecule has 10 nitrogen and oxygen atoms in total. The fourth-order valence-electron chi connectivity index (χ4n) is 9.69. The Labute approximate surface area is 404 Å². The van der Waals surface area contributed by atoms with Gasteiger partial charge in [0, 0.05) is 118 Å². The monoisotopic (exact) mass is 909 g/mol. The first kappa shape index (κ1) is 63.6. The van der Waals surface area contributed by atoms with Crippen LogP contribution >= 0.6 is 0 Å². The summed E-state index contributed by atoms with van der Waals surface area (Å²) in [7, 11) is 0. The Morgan fingerprint density at radius 3 is 0.234 bits per heavy atom. The molecule has 0 amide bonds. The molecule has 0 unspecified atom stereocenters. The molecule has 0 N–H and O–H groups in total. The quantitative estimate of drug-likeness (QED) is 0.0591. The Bertz CT molecular complexity index is 718. The van der Waals surface area contributed by atoms with Crippen molar-refractivity contribution < 1.29 is 0 Å². The smallest absolute Gasteiger partial charge is 0.0110 e. The van der Waals surface area contributed by atoms with Crippen molar-refractivity contribution >= 4 is 0 Å². The van der Waals surface area contributed by atoms with E-state index in [-0.39, 0.29) is 0 Å². The maximum atomic E-state index is 2.91. The maximum absolute atomic E-state index is 2.91. The van der Waals surface area contributed by atoms with Gasteiger partial charge in [0.2, 0.25) is 0 Å². The Morgan fingerprint density at radius 2 is 0.172 bits per heavy atom. The Morgan fingerprint density at radius 1 is 0.109 bits per heavy atom. The van der Waals surface area contributed by atoms with E-state index in [1.807, 2.05) is 0 Å². The molecular formula is C54H120N10. The summed E-state index contributed by atoms with van der Waals surface area (Å²) < 4.78 is 0. The molecule has 0 fully saturated rings. The Balaban J connectivity index is 6.69. The largest absolute Gasteiger partial charge is 0.302 e. The maximum Gasteiger partial charge on any atom is 0.0110 e. The molecule has 64 heavy (non-hydrogen) atoms. The van der Waals surface area contributed by atoms with E-state index in [1.54, 1.807) is 0 Å².